The van der Waals surface area contributed by atoms with E-state index in [0.717, 1.165) is 18.5 Å². The van der Waals surface area contributed by atoms with Crippen molar-refractivity contribution in [2.24, 2.45) is 0 Å². The van der Waals surface area contributed by atoms with Crippen LogP contribution < -0.4 is 5.32 Å². The maximum atomic E-state index is 5.34. The molecule has 0 aromatic heterocycles. The maximum Gasteiger partial charge on any atom is 0.261 e. The van der Waals surface area contributed by atoms with Gasteiger partial charge in [-0.3, -0.25) is 0 Å². The molecule has 0 saturated heterocycles. The van der Waals surface area contributed by atoms with Gasteiger partial charge in [0.05, 0.1) is 6.61 Å². The van der Waals surface area contributed by atoms with E-state index in [0.29, 0.717) is 11.8 Å². The Morgan fingerprint density at radius 3 is 2.60 bits per heavy atom. The second kappa shape index (κ2) is 6.40. The molecule has 0 aliphatic heterocycles. The molecule has 0 amide bonds. The number of nitrogens with one attached hydrogen (secondary N) is 1. The Morgan fingerprint density at radius 2 is 2.00 bits per heavy atom. The van der Waals surface area contributed by atoms with Gasteiger partial charge >= 0.3 is 0 Å². The summed E-state index contributed by atoms with van der Waals surface area (Å²) >= 11 is 5.05. The molecule has 0 aliphatic rings. The zero-order valence-corrected chi connectivity index (χ0v) is 10.1. The van der Waals surface area contributed by atoms with Gasteiger partial charge in [-0.15, -0.1) is 0 Å². The molecule has 0 bridgehead atoms. The van der Waals surface area contributed by atoms with Crippen molar-refractivity contribution in [3.8, 4) is 0 Å². The summed E-state index contributed by atoms with van der Waals surface area (Å²) in [5.74, 6) is 0. The van der Waals surface area contributed by atoms with Crippen LogP contribution in [0.1, 0.15) is 25.3 Å². The van der Waals surface area contributed by atoms with Gasteiger partial charge in [-0.1, -0.05) is 31.0 Å². The lowest BCUT2D eigenvalue weighted by molar-refractivity contribution is 0.304. The zero-order valence-electron chi connectivity index (χ0n) is 9.25. The average Bonchev–Trinajstić information content (AvgIpc) is 2.22. The Balaban J connectivity index is 2.34. The molecule has 0 aliphatic carbocycles. The molecule has 0 spiro atoms. The summed E-state index contributed by atoms with van der Waals surface area (Å²) in [6.45, 7) is 4.87. The Morgan fingerprint density at radius 1 is 1.33 bits per heavy atom. The summed E-state index contributed by atoms with van der Waals surface area (Å²) in [6, 6.07) is 8.06. The highest BCUT2D eigenvalue weighted by Gasteiger charge is 1.97. The topological polar surface area (TPSA) is 21.3 Å². The summed E-state index contributed by atoms with van der Waals surface area (Å²) in [4.78, 5) is 0. The zero-order chi connectivity index (χ0) is 11.1. The number of rotatable bonds is 4. The highest BCUT2D eigenvalue weighted by atomic mass is 32.1. The molecule has 1 rings (SSSR count). The molecule has 82 valence electrons. The van der Waals surface area contributed by atoms with Crippen LogP contribution in [0.4, 0.5) is 5.69 Å². The lowest BCUT2D eigenvalue weighted by Gasteiger charge is -2.09. The molecule has 0 fully saturated rings. The van der Waals surface area contributed by atoms with E-state index < -0.39 is 0 Å². The molecule has 15 heavy (non-hydrogen) atoms. The van der Waals surface area contributed by atoms with Crippen molar-refractivity contribution in [2.75, 3.05) is 11.9 Å². The molecule has 2 nitrogen and oxygen atoms in total. The number of aryl methyl sites for hydroxylation is 1. The van der Waals surface area contributed by atoms with E-state index >= 15 is 0 Å². The Hall–Kier alpha value is -1.09. The number of benzene rings is 1. The van der Waals surface area contributed by atoms with Crippen LogP contribution in [0.25, 0.3) is 0 Å². The van der Waals surface area contributed by atoms with Gasteiger partial charge in [-0.25, -0.2) is 0 Å². The van der Waals surface area contributed by atoms with Crippen molar-refractivity contribution in [1.82, 2.24) is 0 Å². The Kier molecular flexibility index (Phi) is 5.12. The third-order valence-corrected chi connectivity index (χ3v) is 2.25. The van der Waals surface area contributed by atoms with E-state index in [1.807, 2.05) is 24.3 Å². The molecule has 0 heterocycles. The second-order valence-electron chi connectivity index (χ2n) is 3.48. The summed E-state index contributed by atoms with van der Waals surface area (Å²) in [5, 5.41) is 3.49. The predicted molar refractivity (Wildman–Crippen MR) is 68.3 cm³/mol. The van der Waals surface area contributed by atoms with E-state index in [2.05, 4.69) is 19.2 Å². The first-order valence-corrected chi connectivity index (χ1v) is 5.63. The third kappa shape index (κ3) is 4.79. The highest BCUT2D eigenvalue weighted by molar-refractivity contribution is 7.80. The van der Waals surface area contributed by atoms with Crippen LogP contribution in [0, 0.1) is 6.92 Å². The normalized spacial score (nSPS) is 9.73. The average molecular weight is 223 g/mol. The molecule has 0 saturated carbocycles. The van der Waals surface area contributed by atoms with E-state index in [-0.39, 0.29) is 0 Å². The number of thiocarbonyl (C=S) groups is 1. The third-order valence-electron chi connectivity index (χ3n) is 2.03. The minimum Gasteiger partial charge on any atom is -0.471 e. The summed E-state index contributed by atoms with van der Waals surface area (Å²) in [7, 11) is 0. The van der Waals surface area contributed by atoms with Crippen molar-refractivity contribution >= 4 is 23.1 Å². The van der Waals surface area contributed by atoms with Crippen molar-refractivity contribution in [1.29, 1.82) is 0 Å². The number of unbranched alkanes of at least 4 members (excludes halogenated alkanes) is 1. The van der Waals surface area contributed by atoms with Gasteiger partial charge in [0, 0.05) is 5.69 Å². The van der Waals surface area contributed by atoms with Gasteiger partial charge in [0.2, 0.25) is 0 Å². The van der Waals surface area contributed by atoms with Crippen LogP contribution in [0.3, 0.4) is 0 Å². The van der Waals surface area contributed by atoms with Crippen molar-refractivity contribution in [3.05, 3.63) is 29.8 Å². The number of hydrogen-bond acceptors (Lipinski definition) is 2. The Bertz CT molecular complexity index is 308. The fourth-order valence-corrected chi connectivity index (χ4v) is 1.30. The summed E-state index contributed by atoms with van der Waals surface area (Å²) < 4.78 is 5.34. The number of ether oxygens (including phenoxy) is 1. The van der Waals surface area contributed by atoms with Crippen LogP contribution in [-0.4, -0.2) is 11.8 Å². The van der Waals surface area contributed by atoms with Gasteiger partial charge < -0.3 is 10.1 Å². The first kappa shape index (κ1) is 12.0. The quantitative estimate of drug-likeness (QED) is 0.623. The van der Waals surface area contributed by atoms with Gasteiger partial charge in [0.15, 0.2) is 0 Å². The summed E-state index contributed by atoms with van der Waals surface area (Å²) in [6.07, 6.45) is 2.16. The van der Waals surface area contributed by atoms with E-state index in [4.69, 9.17) is 17.0 Å². The largest absolute Gasteiger partial charge is 0.471 e. The van der Waals surface area contributed by atoms with Crippen LogP contribution in [0.15, 0.2) is 24.3 Å². The molecule has 1 aromatic rings. The smallest absolute Gasteiger partial charge is 0.261 e. The molecule has 1 aromatic carbocycles. The second-order valence-corrected chi connectivity index (χ2v) is 3.85. The Labute approximate surface area is 96.6 Å². The van der Waals surface area contributed by atoms with Crippen molar-refractivity contribution in [3.63, 3.8) is 0 Å². The lowest BCUT2D eigenvalue weighted by atomic mass is 10.2. The van der Waals surface area contributed by atoms with E-state index in [1.54, 1.807) is 0 Å². The highest BCUT2D eigenvalue weighted by Crippen LogP contribution is 2.08. The van der Waals surface area contributed by atoms with Crippen LogP contribution >= 0.6 is 12.2 Å². The molecule has 1 N–H and O–H groups in total. The van der Waals surface area contributed by atoms with Gasteiger partial charge in [0.25, 0.3) is 5.17 Å². The molecular formula is C12H17NOS. The van der Waals surface area contributed by atoms with Gasteiger partial charge in [-0.2, -0.15) is 0 Å². The minimum atomic E-state index is 0.451. The molecule has 0 radical (unpaired) electrons. The van der Waals surface area contributed by atoms with Crippen molar-refractivity contribution < 1.29 is 4.74 Å². The number of anilines is 1. The molecule has 3 heteroatoms. The molecule has 0 unspecified atom stereocenters. The molecule has 0 atom stereocenters. The van der Waals surface area contributed by atoms with Crippen LogP contribution in [-0.2, 0) is 4.74 Å². The summed E-state index contributed by atoms with van der Waals surface area (Å²) in [5.41, 5.74) is 2.21. The fraction of sp³-hybridized carbons (Fsp3) is 0.417. The van der Waals surface area contributed by atoms with E-state index in [1.165, 1.54) is 5.56 Å². The van der Waals surface area contributed by atoms with Gasteiger partial charge in [0.1, 0.15) is 0 Å². The monoisotopic (exact) mass is 223 g/mol. The maximum absolute atomic E-state index is 5.34. The van der Waals surface area contributed by atoms with Gasteiger partial charge in [-0.05, 0) is 37.7 Å². The van der Waals surface area contributed by atoms with Crippen LogP contribution in [0.5, 0.6) is 0 Å². The van der Waals surface area contributed by atoms with Crippen molar-refractivity contribution in [2.45, 2.75) is 26.7 Å². The SMILES string of the molecule is CCCCOC(=S)Nc1ccc(C)cc1. The van der Waals surface area contributed by atoms with Crippen LogP contribution in [0.2, 0.25) is 0 Å². The first-order chi connectivity index (χ1) is 7.22. The van der Waals surface area contributed by atoms with E-state index in [9.17, 15) is 0 Å². The lowest BCUT2D eigenvalue weighted by Crippen LogP contribution is -2.13. The predicted octanol–water partition coefficient (Wildman–Crippen LogP) is 3.51. The standard InChI is InChI=1S/C12H17NOS/c1-3-4-9-14-12(15)13-11-7-5-10(2)6-8-11/h5-8H,3-4,9H2,1-2H3,(H,13,15). The molecular weight excluding hydrogens is 206 g/mol. The number of hydrogen-bond donors (Lipinski definition) is 1. The fourth-order valence-electron chi connectivity index (χ4n) is 1.10. The first-order valence-electron chi connectivity index (χ1n) is 5.23. The minimum absolute atomic E-state index is 0.451.